The third-order valence-corrected chi connectivity index (χ3v) is 3.16. The van der Waals surface area contributed by atoms with Gasteiger partial charge in [-0.2, -0.15) is 5.26 Å². The molecule has 0 fully saturated rings. The third-order valence-electron chi connectivity index (χ3n) is 2.88. The van der Waals surface area contributed by atoms with Crippen molar-refractivity contribution in [3.8, 4) is 11.8 Å². The number of nitrogens with one attached hydrogen (secondary N) is 1. The maximum Gasteiger partial charge on any atom is 0.182 e. The van der Waals surface area contributed by atoms with Crippen LogP contribution in [0.5, 0.6) is 0 Å². The second-order valence-corrected chi connectivity index (χ2v) is 4.48. The largest absolute Gasteiger partial charge is 0.330 e. The first-order valence-corrected chi connectivity index (χ1v) is 6.01. The number of rotatable bonds is 1. The van der Waals surface area contributed by atoms with E-state index in [1.165, 1.54) is 12.1 Å². The number of aromatic amines is 1. The molecule has 5 heteroatoms. The molecule has 19 heavy (non-hydrogen) atoms. The summed E-state index contributed by atoms with van der Waals surface area (Å²) in [6.45, 7) is 0. The van der Waals surface area contributed by atoms with Gasteiger partial charge >= 0.3 is 0 Å². The summed E-state index contributed by atoms with van der Waals surface area (Å²) in [5.74, 6) is -0.327. The summed E-state index contributed by atoms with van der Waals surface area (Å²) in [4.78, 5) is 3.02. The molecule has 0 saturated heterocycles. The summed E-state index contributed by atoms with van der Waals surface area (Å²) >= 11 is 5.26. The number of fused-ring (bicyclic) bond motifs is 1. The van der Waals surface area contributed by atoms with E-state index in [-0.39, 0.29) is 5.82 Å². The maximum atomic E-state index is 13.4. The molecule has 92 valence electrons. The second kappa shape index (κ2) is 4.34. The fraction of sp³-hybridized carbons (Fsp3) is 0. The molecule has 1 N–H and O–H groups in total. The molecule has 0 saturated carbocycles. The zero-order valence-corrected chi connectivity index (χ0v) is 10.5. The van der Waals surface area contributed by atoms with Crippen molar-refractivity contribution in [1.29, 1.82) is 5.26 Å². The molecule has 1 aromatic heterocycles. The Hall–Kier alpha value is -2.45. The molecule has 2 aromatic carbocycles. The van der Waals surface area contributed by atoms with Crippen LogP contribution in [-0.2, 0) is 0 Å². The minimum absolute atomic E-state index is 0.327. The molecule has 3 nitrogen and oxygen atoms in total. The van der Waals surface area contributed by atoms with Gasteiger partial charge in [0.05, 0.1) is 22.7 Å². The van der Waals surface area contributed by atoms with Crippen LogP contribution >= 0.6 is 12.2 Å². The van der Waals surface area contributed by atoms with E-state index < -0.39 is 0 Å². The van der Waals surface area contributed by atoms with Crippen LogP contribution in [0.15, 0.2) is 42.5 Å². The van der Waals surface area contributed by atoms with Gasteiger partial charge in [-0.1, -0.05) is 6.07 Å². The van der Waals surface area contributed by atoms with Gasteiger partial charge in [-0.25, -0.2) is 4.39 Å². The van der Waals surface area contributed by atoms with E-state index in [1.807, 2.05) is 6.07 Å². The fourth-order valence-electron chi connectivity index (χ4n) is 2.05. The molecule has 3 rings (SSSR count). The van der Waals surface area contributed by atoms with Gasteiger partial charge in [-0.15, -0.1) is 0 Å². The van der Waals surface area contributed by atoms with Crippen molar-refractivity contribution in [2.75, 3.05) is 0 Å². The number of H-pyrrole nitrogens is 1. The van der Waals surface area contributed by atoms with Crippen LogP contribution in [-0.4, -0.2) is 9.55 Å². The molecule has 0 amide bonds. The van der Waals surface area contributed by atoms with Crippen LogP contribution in [0.4, 0.5) is 4.39 Å². The first-order chi connectivity index (χ1) is 9.19. The molecule has 0 aliphatic carbocycles. The fourth-order valence-corrected chi connectivity index (χ4v) is 2.36. The van der Waals surface area contributed by atoms with Gasteiger partial charge in [-0.3, -0.25) is 4.57 Å². The SMILES string of the molecule is N#Cc1cccc(-n2c(=S)[nH]c3ccc(F)cc32)c1. The first kappa shape index (κ1) is 11.6. The van der Waals surface area contributed by atoms with Gasteiger partial charge in [-0.05, 0) is 42.5 Å². The third kappa shape index (κ3) is 1.92. The van der Waals surface area contributed by atoms with E-state index in [9.17, 15) is 4.39 Å². The van der Waals surface area contributed by atoms with Crippen molar-refractivity contribution in [2.45, 2.75) is 0 Å². The quantitative estimate of drug-likeness (QED) is 0.685. The number of imidazole rings is 1. The predicted molar refractivity (Wildman–Crippen MR) is 73.1 cm³/mol. The predicted octanol–water partition coefficient (Wildman–Crippen LogP) is 3.70. The Morgan fingerprint density at radius 3 is 2.84 bits per heavy atom. The summed E-state index contributed by atoms with van der Waals surface area (Å²) in [5, 5.41) is 8.93. The smallest absolute Gasteiger partial charge is 0.182 e. The van der Waals surface area contributed by atoms with Crippen LogP contribution in [0.25, 0.3) is 16.7 Å². The Bertz CT molecular complexity index is 870. The van der Waals surface area contributed by atoms with Crippen LogP contribution in [0, 0.1) is 21.9 Å². The van der Waals surface area contributed by atoms with E-state index in [2.05, 4.69) is 11.1 Å². The van der Waals surface area contributed by atoms with Crippen molar-refractivity contribution < 1.29 is 4.39 Å². The van der Waals surface area contributed by atoms with Crippen molar-refractivity contribution in [3.05, 3.63) is 58.6 Å². The molecule has 0 bridgehead atoms. The monoisotopic (exact) mass is 269 g/mol. The minimum Gasteiger partial charge on any atom is -0.330 e. The number of nitrogens with zero attached hydrogens (tertiary/aromatic N) is 2. The average Bonchev–Trinajstić information content (AvgIpc) is 2.74. The molecule has 0 spiro atoms. The van der Waals surface area contributed by atoms with Gasteiger partial charge in [0.1, 0.15) is 5.82 Å². The number of nitriles is 1. The number of hydrogen-bond donors (Lipinski definition) is 1. The van der Waals surface area contributed by atoms with Crippen molar-refractivity contribution in [2.24, 2.45) is 0 Å². The Morgan fingerprint density at radius 2 is 2.05 bits per heavy atom. The van der Waals surface area contributed by atoms with Crippen molar-refractivity contribution >= 4 is 23.3 Å². The van der Waals surface area contributed by atoms with E-state index >= 15 is 0 Å². The number of halogens is 1. The molecule has 0 aliphatic rings. The van der Waals surface area contributed by atoms with Crippen LogP contribution in [0.3, 0.4) is 0 Å². The van der Waals surface area contributed by atoms with Gasteiger partial charge in [0, 0.05) is 11.8 Å². The lowest BCUT2D eigenvalue weighted by Crippen LogP contribution is -1.94. The summed E-state index contributed by atoms with van der Waals surface area (Å²) in [6, 6.07) is 13.5. The maximum absolute atomic E-state index is 13.4. The topological polar surface area (TPSA) is 44.5 Å². The lowest BCUT2D eigenvalue weighted by Gasteiger charge is -2.04. The molecule has 0 aliphatic heterocycles. The van der Waals surface area contributed by atoms with Gasteiger partial charge < -0.3 is 4.98 Å². The Labute approximate surface area is 113 Å². The van der Waals surface area contributed by atoms with Gasteiger partial charge in [0.2, 0.25) is 0 Å². The molecular weight excluding hydrogens is 261 g/mol. The summed E-state index contributed by atoms with van der Waals surface area (Å²) in [7, 11) is 0. The summed E-state index contributed by atoms with van der Waals surface area (Å²) in [6.07, 6.45) is 0. The van der Waals surface area contributed by atoms with Crippen LogP contribution < -0.4 is 0 Å². The standard InChI is InChI=1S/C14H8FN3S/c15-10-4-5-12-13(7-10)18(14(19)17-12)11-3-1-2-9(6-11)8-16/h1-7H,(H,17,19). The highest BCUT2D eigenvalue weighted by molar-refractivity contribution is 7.71. The van der Waals surface area contributed by atoms with E-state index in [4.69, 9.17) is 17.5 Å². The van der Waals surface area contributed by atoms with Gasteiger partial charge in [0.25, 0.3) is 0 Å². The van der Waals surface area contributed by atoms with E-state index in [1.54, 1.807) is 28.8 Å². The Balaban J connectivity index is 2.36. The lowest BCUT2D eigenvalue weighted by molar-refractivity contribution is 0.629. The van der Waals surface area contributed by atoms with Crippen molar-refractivity contribution in [1.82, 2.24) is 9.55 Å². The molecule has 1 heterocycles. The zero-order chi connectivity index (χ0) is 13.4. The normalized spacial score (nSPS) is 10.5. The van der Waals surface area contributed by atoms with Crippen LogP contribution in [0.2, 0.25) is 0 Å². The highest BCUT2D eigenvalue weighted by atomic mass is 32.1. The highest BCUT2D eigenvalue weighted by Gasteiger charge is 2.08. The second-order valence-electron chi connectivity index (χ2n) is 4.09. The molecule has 0 unspecified atom stereocenters. The van der Waals surface area contributed by atoms with Crippen LogP contribution in [0.1, 0.15) is 5.56 Å². The van der Waals surface area contributed by atoms with Gasteiger partial charge in [0.15, 0.2) is 4.77 Å². The van der Waals surface area contributed by atoms with E-state index in [0.29, 0.717) is 15.9 Å². The van der Waals surface area contributed by atoms with E-state index in [0.717, 1.165) is 11.2 Å². The Morgan fingerprint density at radius 1 is 1.21 bits per heavy atom. The highest BCUT2D eigenvalue weighted by Crippen LogP contribution is 2.21. The number of hydrogen-bond acceptors (Lipinski definition) is 2. The zero-order valence-electron chi connectivity index (χ0n) is 9.72. The molecule has 3 aromatic rings. The summed E-state index contributed by atoms with van der Waals surface area (Å²) < 4.78 is 15.6. The van der Waals surface area contributed by atoms with Crippen molar-refractivity contribution in [3.63, 3.8) is 0 Å². The minimum atomic E-state index is -0.327. The number of benzene rings is 2. The molecule has 0 atom stereocenters. The summed E-state index contributed by atoms with van der Waals surface area (Å²) in [5.41, 5.74) is 2.68. The lowest BCUT2D eigenvalue weighted by atomic mass is 10.2. The first-order valence-electron chi connectivity index (χ1n) is 5.60. The number of aromatic nitrogens is 2. The Kier molecular flexibility index (Phi) is 2.65. The molecule has 0 radical (unpaired) electrons. The molecular formula is C14H8FN3S. The average molecular weight is 269 g/mol.